The van der Waals surface area contributed by atoms with Gasteiger partial charge in [0.25, 0.3) is 0 Å². The Balaban J connectivity index is 1.51. The first-order valence-corrected chi connectivity index (χ1v) is 16.1. The molecule has 0 saturated carbocycles. The van der Waals surface area contributed by atoms with E-state index in [-0.39, 0.29) is 24.1 Å². The third-order valence-electron chi connectivity index (χ3n) is 8.61. The van der Waals surface area contributed by atoms with Gasteiger partial charge in [0.2, 0.25) is 0 Å². The van der Waals surface area contributed by atoms with E-state index in [2.05, 4.69) is 41.1 Å². The van der Waals surface area contributed by atoms with Crippen LogP contribution in [0.4, 0.5) is 26.3 Å². The molecule has 0 amide bonds. The highest BCUT2D eigenvalue weighted by molar-refractivity contribution is 8.05. The van der Waals surface area contributed by atoms with Crippen molar-refractivity contribution < 1.29 is 26.3 Å². The average Bonchev–Trinajstić information content (AvgIpc) is 3.04. The molecule has 3 N–H and O–H groups in total. The predicted molar refractivity (Wildman–Crippen MR) is 172 cm³/mol. The summed E-state index contributed by atoms with van der Waals surface area (Å²) >= 11 is 1.40. The minimum atomic E-state index is -4.92. The molecule has 2 aliphatic heterocycles. The summed E-state index contributed by atoms with van der Waals surface area (Å²) in [6, 6.07) is 12.1. The highest BCUT2D eigenvalue weighted by Crippen LogP contribution is 2.41. The number of thioether (sulfide) groups is 1. The van der Waals surface area contributed by atoms with Crippen LogP contribution in [0.25, 0.3) is 0 Å². The SMILES string of the molecule is C=C(NCc1cc(C(F)(F)F)cc(C(F)(F)F)c1)C(CCN1CCC(c2ccccc2)CC1)C1=CSC(N(C=N)C=N)=C(CC)C1. The zero-order chi connectivity index (χ0) is 33.5. The van der Waals surface area contributed by atoms with Crippen molar-refractivity contribution >= 4 is 24.4 Å². The molecule has 0 aliphatic carbocycles. The monoisotopic (exact) mass is 663 g/mol. The largest absolute Gasteiger partial charge is 0.416 e. The van der Waals surface area contributed by atoms with Crippen LogP contribution in [-0.2, 0) is 18.9 Å². The van der Waals surface area contributed by atoms with E-state index in [1.165, 1.54) is 22.2 Å². The highest BCUT2D eigenvalue weighted by atomic mass is 32.2. The van der Waals surface area contributed by atoms with Gasteiger partial charge in [-0.2, -0.15) is 26.3 Å². The number of allylic oxidation sites excluding steroid dienone is 2. The van der Waals surface area contributed by atoms with Gasteiger partial charge in [-0.1, -0.05) is 61.2 Å². The third kappa shape index (κ3) is 9.06. The summed E-state index contributed by atoms with van der Waals surface area (Å²) < 4.78 is 80.8. The number of nitrogens with zero attached hydrogens (tertiary/aromatic N) is 2. The van der Waals surface area contributed by atoms with Crippen molar-refractivity contribution in [3.8, 4) is 0 Å². The van der Waals surface area contributed by atoms with Crippen LogP contribution in [0.15, 0.2) is 82.4 Å². The number of benzene rings is 2. The van der Waals surface area contributed by atoms with Crippen LogP contribution >= 0.6 is 11.8 Å². The first kappa shape index (κ1) is 35.3. The molecule has 1 atom stereocenters. The molecule has 4 rings (SSSR count). The van der Waals surface area contributed by atoms with E-state index in [0.29, 0.717) is 30.9 Å². The summed E-state index contributed by atoms with van der Waals surface area (Å²) in [4.78, 5) is 3.83. The molecule has 1 saturated heterocycles. The zero-order valence-corrected chi connectivity index (χ0v) is 26.5. The number of alkyl halides is 6. The van der Waals surface area contributed by atoms with Crippen LogP contribution < -0.4 is 5.32 Å². The lowest BCUT2D eigenvalue weighted by Crippen LogP contribution is -2.35. The minimum Gasteiger partial charge on any atom is -0.384 e. The van der Waals surface area contributed by atoms with E-state index in [1.807, 2.05) is 18.4 Å². The Morgan fingerprint density at radius 1 is 1.02 bits per heavy atom. The van der Waals surface area contributed by atoms with Gasteiger partial charge < -0.3 is 10.2 Å². The second-order valence-electron chi connectivity index (χ2n) is 11.6. The van der Waals surface area contributed by atoms with E-state index in [4.69, 9.17) is 10.8 Å². The van der Waals surface area contributed by atoms with E-state index < -0.39 is 23.5 Å². The van der Waals surface area contributed by atoms with Crippen molar-refractivity contribution in [2.45, 2.75) is 63.8 Å². The number of nitrogens with one attached hydrogen (secondary N) is 3. The van der Waals surface area contributed by atoms with Crippen molar-refractivity contribution in [1.29, 1.82) is 10.8 Å². The number of halogens is 6. The average molecular weight is 664 g/mol. The first-order valence-electron chi connectivity index (χ1n) is 15.2. The van der Waals surface area contributed by atoms with E-state index in [1.54, 1.807) is 0 Å². The minimum absolute atomic E-state index is 0.133. The lowest BCUT2D eigenvalue weighted by molar-refractivity contribution is -0.143. The number of piperidine rings is 1. The summed E-state index contributed by atoms with van der Waals surface area (Å²) in [5, 5.41) is 21.1. The molecule has 0 aromatic heterocycles. The lowest BCUT2D eigenvalue weighted by Gasteiger charge is -2.34. The molecule has 2 aliphatic rings. The Morgan fingerprint density at radius 3 is 2.17 bits per heavy atom. The highest BCUT2D eigenvalue weighted by Gasteiger charge is 2.37. The van der Waals surface area contributed by atoms with Crippen LogP contribution in [0.5, 0.6) is 0 Å². The molecule has 2 heterocycles. The van der Waals surface area contributed by atoms with Gasteiger partial charge in [0, 0.05) is 18.2 Å². The van der Waals surface area contributed by atoms with Crippen LogP contribution in [0, 0.1) is 16.7 Å². The summed E-state index contributed by atoms with van der Waals surface area (Å²) in [5.41, 5.74) is 1.08. The predicted octanol–water partition coefficient (Wildman–Crippen LogP) is 9.37. The quantitative estimate of drug-likeness (QED) is 0.114. The van der Waals surface area contributed by atoms with E-state index >= 15 is 0 Å². The van der Waals surface area contributed by atoms with Gasteiger partial charge in [0.15, 0.2) is 0 Å². The van der Waals surface area contributed by atoms with E-state index in [0.717, 1.165) is 73.5 Å². The maximum Gasteiger partial charge on any atom is 0.416 e. The fourth-order valence-corrected chi connectivity index (χ4v) is 7.15. The van der Waals surface area contributed by atoms with Crippen LogP contribution in [0.3, 0.4) is 0 Å². The van der Waals surface area contributed by atoms with Crippen molar-refractivity contribution in [1.82, 2.24) is 15.1 Å². The fraction of sp³-hybridized carbons (Fsp3) is 0.412. The number of rotatable bonds is 13. The van der Waals surface area contributed by atoms with Gasteiger partial charge in [0.1, 0.15) is 0 Å². The molecule has 248 valence electrons. The van der Waals surface area contributed by atoms with Gasteiger partial charge in [-0.25, -0.2) is 0 Å². The smallest absolute Gasteiger partial charge is 0.384 e. The summed E-state index contributed by atoms with van der Waals surface area (Å²) in [6.07, 6.45) is -3.74. The molecule has 2 aromatic carbocycles. The molecule has 1 fully saturated rings. The molecule has 1 unspecified atom stereocenters. The van der Waals surface area contributed by atoms with Crippen molar-refractivity contribution in [3.05, 3.63) is 105 Å². The number of likely N-dealkylation sites (tertiary alicyclic amines) is 1. The summed E-state index contributed by atoms with van der Waals surface area (Å²) in [5.74, 6) is 0.265. The molecule has 0 radical (unpaired) electrons. The van der Waals surface area contributed by atoms with Gasteiger partial charge in [-0.05, 0) is 98.0 Å². The van der Waals surface area contributed by atoms with Gasteiger partial charge in [-0.15, -0.1) is 0 Å². The Bertz CT molecular complexity index is 1400. The second kappa shape index (κ2) is 15.4. The Morgan fingerprint density at radius 2 is 1.63 bits per heavy atom. The number of hydrogen-bond donors (Lipinski definition) is 3. The maximum atomic E-state index is 13.5. The maximum absolute atomic E-state index is 13.5. The van der Waals surface area contributed by atoms with Crippen LogP contribution in [0.2, 0.25) is 0 Å². The molecular weight excluding hydrogens is 624 g/mol. The molecule has 12 heteroatoms. The molecule has 0 bridgehead atoms. The molecule has 5 nitrogen and oxygen atoms in total. The Kier molecular flexibility index (Phi) is 11.8. The lowest BCUT2D eigenvalue weighted by atomic mass is 9.87. The summed E-state index contributed by atoms with van der Waals surface area (Å²) in [7, 11) is 0. The van der Waals surface area contributed by atoms with Gasteiger partial charge in [0.05, 0.1) is 28.8 Å². The van der Waals surface area contributed by atoms with Crippen molar-refractivity contribution in [2.24, 2.45) is 5.92 Å². The Labute approximate surface area is 270 Å². The van der Waals surface area contributed by atoms with Crippen molar-refractivity contribution in [3.63, 3.8) is 0 Å². The van der Waals surface area contributed by atoms with Crippen LogP contribution in [0.1, 0.15) is 67.2 Å². The zero-order valence-electron chi connectivity index (χ0n) is 25.6. The van der Waals surface area contributed by atoms with Gasteiger partial charge in [-0.3, -0.25) is 15.7 Å². The number of hydrogen-bond acceptors (Lipinski definition) is 5. The second-order valence-corrected chi connectivity index (χ2v) is 12.4. The van der Waals surface area contributed by atoms with Crippen molar-refractivity contribution in [2.75, 3.05) is 19.6 Å². The normalized spacial score (nSPS) is 17.3. The standard InChI is InChI=1S/C34H39F6N5S/c1-3-25-17-28(20-46-32(25)45(21-41)22-42)31(11-14-44-12-9-27(10-13-44)26-7-5-4-6-8-26)23(2)43-19-24-15-29(33(35,36)37)18-30(16-24)34(38,39)40/h4-8,15-16,18,20-22,27,31,41-43H,2-3,9-14,17,19H2,1H3. The first-order chi connectivity index (χ1) is 21.8. The fourth-order valence-electron chi connectivity index (χ4n) is 6.03. The third-order valence-corrected chi connectivity index (χ3v) is 9.75. The molecular formula is C34H39F6N5S. The molecule has 46 heavy (non-hydrogen) atoms. The molecule has 2 aromatic rings. The van der Waals surface area contributed by atoms with Gasteiger partial charge >= 0.3 is 12.4 Å². The Hall–Kier alpha value is -3.51. The topological polar surface area (TPSA) is 66.2 Å². The summed E-state index contributed by atoms with van der Waals surface area (Å²) in [6.45, 7) is 8.56. The van der Waals surface area contributed by atoms with Crippen LogP contribution in [-0.4, -0.2) is 42.1 Å². The molecule has 0 spiro atoms. The van der Waals surface area contributed by atoms with E-state index in [9.17, 15) is 26.3 Å².